The maximum Gasteiger partial charge on any atom is 0.338 e. The first kappa shape index (κ1) is 20.8. The topological polar surface area (TPSA) is 120 Å². The molecule has 1 aliphatic rings. The summed E-state index contributed by atoms with van der Waals surface area (Å²) in [6, 6.07) is 11.7. The van der Waals surface area contributed by atoms with E-state index in [1.807, 2.05) is 6.07 Å². The molecule has 0 aromatic heterocycles. The Hall–Kier alpha value is -3.88. The van der Waals surface area contributed by atoms with Crippen LogP contribution in [0.5, 0.6) is 5.75 Å². The van der Waals surface area contributed by atoms with Gasteiger partial charge < -0.3 is 20.1 Å². The van der Waals surface area contributed by atoms with Crippen LogP contribution in [0.3, 0.4) is 0 Å². The van der Waals surface area contributed by atoms with Crippen molar-refractivity contribution < 1.29 is 24.0 Å². The number of amides is 2. The van der Waals surface area contributed by atoms with E-state index in [-0.39, 0.29) is 30.2 Å². The highest BCUT2D eigenvalue weighted by atomic mass is 16.6. The largest absolute Gasteiger partial charge is 0.487 e. The maximum atomic E-state index is 12.8. The number of carbonyl (C=O) groups excluding carboxylic acids is 2. The minimum absolute atomic E-state index is 0.108. The Labute approximate surface area is 172 Å². The Morgan fingerprint density at radius 3 is 2.50 bits per heavy atom. The van der Waals surface area contributed by atoms with E-state index in [4.69, 9.17) is 9.47 Å². The summed E-state index contributed by atoms with van der Waals surface area (Å²) in [5.41, 5.74) is 1.16. The molecule has 3 rings (SSSR count). The molecule has 2 aromatic rings. The van der Waals surface area contributed by atoms with Gasteiger partial charge in [-0.3, -0.25) is 10.1 Å². The average Bonchev–Trinajstić information content (AvgIpc) is 2.74. The normalized spacial score (nSPS) is 15.8. The zero-order chi connectivity index (χ0) is 21.7. The fraction of sp³-hybridized carbons (Fsp3) is 0.238. The second kappa shape index (κ2) is 9.08. The Bertz CT molecular complexity index is 1000. The van der Waals surface area contributed by atoms with Gasteiger partial charge in [-0.1, -0.05) is 36.4 Å². The van der Waals surface area contributed by atoms with Crippen molar-refractivity contribution in [2.24, 2.45) is 0 Å². The van der Waals surface area contributed by atoms with E-state index in [0.29, 0.717) is 16.8 Å². The van der Waals surface area contributed by atoms with E-state index in [2.05, 4.69) is 10.6 Å². The fourth-order valence-electron chi connectivity index (χ4n) is 3.21. The molecule has 1 atom stereocenters. The van der Waals surface area contributed by atoms with Crippen molar-refractivity contribution in [2.75, 3.05) is 13.2 Å². The third kappa shape index (κ3) is 4.24. The molecule has 2 N–H and O–H groups in total. The Morgan fingerprint density at radius 2 is 1.87 bits per heavy atom. The zero-order valence-electron chi connectivity index (χ0n) is 16.5. The van der Waals surface area contributed by atoms with Crippen LogP contribution < -0.4 is 15.4 Å². The van der Waals surface area contributed by atoms with E-state index in [1.54, 1.807) is 44.2 Å². The van der Waals surface area contributed by atoms with Crippen LogP contribution in [0.25, 0.3) is 5.70 Å². The Morgan fingerprint density at radius 1 is 1.13 bits per heavy atom. The highest BCUT2D eigenvalue weighted by molar-refractivity contribution is 6.04. The molecule has 156 valence electrons. The Balaban J connectivity index is 2.18. The minimum Gasteiger partial charge on any atom is -0.487 e. The fourth-order valence-corrected chi connectivity index (χ4v) is 3.21. The van der Waals surface area contributed by atoms with Crippen LogP contribution in [-0.4, -0.2) is 30.1 Å². The van der Waals surface area contributed by atoms with Crippen LogP contribution in [-0.2, 0) is 9.53 Å². The molecular formula is C21H21N3O6. The van der Waals surface area contributed by atoms with Gasteiger partial charge in [0.2, 0.25) is 0 Å². The molecule has 1 heterocycles. The summed E-state index contributed by atoms with van der Waals surface area (Å²) >= 11 is 0. The van der Waals surface area contributed by atoms with Gasteiger partial charge in [-0.15, -0.1) is 0 Å². The van der Waals surface area contributed by atoms with Gasteiger partial charge in [0.05, 0.1) is 35.4 Å². The maximum absolute atomic E-state index is 12.8. The van der Waals surface area contributed by atoms with Gasteiger partial charge in [0, 0.05) is 6.07 Å². The number of benzene rings is 2. The lowest BCUT2D eigenvalue weighted by molar-refractivity contribution is -0.385. The first-order valence-electron chi connectivity index (χ1n) is 9.41. The zero-order valence-corrected chi connectivity index (χ0v) is 16.5. The molecule has 1 unspecified atom stereocenters. The smallest absolute Gasteiger partial charge is 0.338 e. The molecule has 0 bridgehead atoms. The van der Waals surface area contributed by atoms with Gasteiger partial charge in [0.25, 0.3) is 0 Å². The van der Waals surface area contributed by atoms with E-state index in [9.17, 15) is 19.7 Å². The molecule has 30 heavy (non-hydrogen) atoms. The average molecular weight is 411 g/mol. The van der Waals surface area contributed by atoms with Crippen LogP contribution in [0.2, 0.25) is 0 Å². The van der Waals surface area contributed by atoms with E-state index >= 15 is 0 Å². The number of carbonyl (C=O) groups is 2. The summed E-state index contributed by atoms with van der Waals surface area (Å²) in [6.45, 7) is 3.79. The van der Waals surface area contributed by atoms with Gasteiger partial charge in [-0.2, -0.15) is 0 Å². The molecular weight excluding hydrogens is 390 g/mol. The number of hydrogen-bond donors (Lipinski definition) is 2. The van der Waals surface area contributed by atoms with E-state index < -0.39 is 23.0 Å². The van der Waals surface area contributed by atoms with Crippen molar-refractivity contribution in [2.45, 2.75) is 19.9 Å². The third-order valence-electron chi connectivity index (χ3n) is 4.44. The number of nitrogens with one attached hydrogen (secondary N) is 2. The second-order valence-corrected chi connectivity index (χ2v) is 6.32. The van der Waals surface area contributed by atoms with Gasteiger partial charge in [0.1, 0.15) is 0 Å². The van der Waals surface area contributed by atoms with Crippen molar-refractivity contribution in [1.29, 1.82) is 0 Å². The van der Waals surface area contributed by atoms with Crippen molar-refractivity contribution in [3.63, 3.8) is 0 Å². The predicted molar refractivity (Wildman–Crippen MR) is 109 cm³/mol. The number of hydrogen-bond acceptors (Lipinski definition) is 6. The number of rotatable bonds is 7. The number of nitro benzene ring substituents is 1. The van der Waals surface area contributed by atoms with E-state index in [1.165, 1.54) is 12.1 Å². The van der Waals surface area contributed by atoms with Crippen molar-refractivity contribution in [3.05, 3.63) is 75.3 Å². The highest BCUT2D eigenvalue weighted by Crippen LogP contribution is 2.36. The first-order valence-corrected chi connectivity index (χ1v) is 9.41. The summed E-state index contributed by atoms with van der Waals surface area (Å²) in [4.78, 5) is 36.2. The summed E-state index contributed by atoms with van der Waals surface area (Å²) in [5.74, 6) is -0.526. The summed E-state index contributed by atoms with van der Waals surface area (Å²) < 4.78 is 10.5. The van der Waals surface area contributed by atoms with Crippen LogP contribution >= 0.6 is 0 Å². The molecule has 0 fully saturated rings. The van der Waals surface area contributed by atoms with Gasteiger partial charge in [-0.25, -0.2) is 9.59 Å². The number of ether oxygens (including phenoxy) is 2. The van der Waals surface area contributed by atoms with Gasteiger partial charge >= 0.3 is 17.7 Å². The van der Waals surface area contributed by atoms with Gasteiger partial charge in [-0.05, 0) is 31.0 Å². The van der Waals surface area contributed by atoms with Crippen LogP contribution in [0, 0.1) is 10.1 Å². The minimum atomic E-state index is -0.942. The second-order valence-electron chi connectivity index (χ2n) is 6.32. The molecule has 0 spiro atoms. The molecule has 0 radical (unpaired) electrons. The number of urea groups is 1. The highest BCUT2D eigenvalue weighted by Gasteiger charge is 2.35. The SMILES string of the molecule is CCOC(=O)C1=C(c2ccccc2)NC(=O)NC1c1ccc(OCC)c([N+](=O)[O-])c1. The van der Waals surface area contributed by atoms with Crippen molar-refractivity contribution >= 4 is 23.4 Å². The number of nitrogens with zero attached hydrogens (tertiary/aromatic N) is 1. The number of nitro groups is 1. The summed E-state index contributed by atoms with van der Waals surface area (Å²) in [6.07, 6.45) is 0. The lowest BCUT2D eigenvalue weighted by Crippen LogP contribution is -2.45. The Kier molecular flexibility index (Phi) is 6.31. The molecule has 0 saturated carbocycles. The lowest BCUT2D eigenvalue weighted by Gasteiger charge is -2.29. The van der Waals surface area contributed by atoms with Crippen LogP contribution in [0.4, 0.5) is 10.5 Å². The van der Waals surface area contributed by atoms with Crippen molar-refractivity contribution in [3.8, 4) is 5.75 Å². The molecule has 1 aliphatic heterocycles. The molecule has 2 amide bonds. The first-order chi connectivity index (χ1) is 14.5. The van der Waals surface area contributed by atoms with Crippen LogP contribution in [0.15, 0.2) is 54.1 Å². The molecule has 0 aliphatic carbocycles. The van der Waals surface area contributed by atoms with Crippen molar-refractivity contribution in [1.82, 2.24) is 10.6 Å². The summed E-state index contributed by atoms with van der Waals surface area (Å²) in [7, 11) is 0. The standard InChI is InChI=1S/C21H21N3O6/c1-3-29-16-11-10-14(12-15(16)24(27)28)19-17(20(25)30-4-2)18(22-21(26)23-19)13-8-6-5-7-9-13/h5-12,19H,3-4H2,1-2H3,(H2,22,23,26). The van der Waals surface area contributed by atoms with Gasteiger partial charge in [0.15, 0.2) is 5.75 Å². The monoisotopic (exact) mass is 411 g/mol. The van der Waals surface area contributed by atoms with E-state index in [0.717, 1.165) is 0 Å². The molecule has 2 aromatic carbocycles. The molecule has 9 nitrogen and oxygen atoms in total. The molecule has 0 saturated heterocycles. The predicted octanol–water partition coefficient (Wildman–Crippen LogP) is 3.32. The lowest BCUT2D eigenvalue weighted by atomic mass is 9.92. The van der Waals surface area contributed by atoms with Crippen LogP contribution in [0.1, 0.15) is 31.0 Å². The molecule has 9 heteroatoms. The summed E-state index contributed by atoms with van der Waals surface area (Å²) in [5, 5.41) is 16.9. The number of esters is 1. The quantitative estimate of drug-likeness (QED) is 0.410. The third-order valence-corrected chi connectivity index (χ3v) is 4.44.